The van der Waals surface area contributed by atoms with Gasteiger partial charge in [0.15, 0.2) is 5.69 Å². The molecule has 0 atom stereocenters. The second-order valence-electron chi connectivity index (χ2n) is 6.60. The van der Waals surface area contributed by atoms with Crippen LogP contribution in [-0.4, -0.2) is 51.8 Å². The summed E-state index contributed by atoms with van der Waals surface area (Å²) >= 11 is 0. The Bertz CT molecular complexity index is 575. The first kappa shape index (κ1) is 17.1. The molecule has 2 rings (SSSR count). The van der Waals surface area contributed by atoms with Gasteiger partial charge in [-0.15, -0.1) is 0 Å². The number of carbonyl (C=O) groups excluding carboxylic acids is 1. The predicted octanol–water partition coefficient (Wildman–Crippen LogP) is 2.59. The molecule has 1 aliphatic rings. The first-order valence-corrected chi connectivity index (χ1v) is 7.69. The molecule has 23 heavy (non-hydrogen) atoms. The Labute approximate surface area is 135 Å². The largest absolute Gasteiger partial charge is 0.477 e. The van der Waals surface area contributed by atoms with Crippen LogP contribution < -0.4 is 5.32 Å². The van der Waals surface area contributed by atoms with Crippen LogP contribution in [0.25, 0.3) is 0 Å². The monoisotopic (exact) mass is 321 g/mol. The lowest BCUT2D eigenvalue weighted by molar-refractivity contribution is 0.0210. The molecule has 1 amide bonds. The topological polar surface area (TPSA) is 91.8 Å². The molecule has 1 aromatic heterocycles. The fourth-order valence-electron chi connectivity index (χ4n) is 2.38. The number of likely N-dealkylation sites (tertiary alicyclic amines) is 1. The van der Waals surface area contributed by atoms with Crippen LogP contribution in [0.1, 0.15) is 44.1 Å². The van der Waals surface area contributed by atoms with Gasteiger partial charge in [0.05, 0.1) is 0 Å². The third-order valence-corrected chi connectivity index (χ3v) is 3.47. The molecule has 1 aliphatic heterocycles. The summed E-state index contributed by atoms with van der Waals surface area (Å²) in [6.45, 7) is 6.75. The number of carbonyl (C=O) groups is 2. The highest BCUT2D eigenvalue weighted by molar-refractivity contribution is 5.85. The minimum absolute atomic E-state index is 0.0150. The van der Waals surface area contributed by atoms with E-state index in [1.54, 1.807) is 17.0 Å². The Morgan fingerprint density at radius 3 is 2.52 bits per heavy atom. The van der Waals surface area contributed by atoms with Gasteiger partial charge in [-0.3, -0.25) is 0 Å². The van der Waals surface area contributed by atoms with E-state index >= 15 is 0 Å². The normalized spacial score (nSPS) is 16.0. The standard InChI is InChI=1S/C16H23N3O4/c1-16(2,3)23-15(22)19-9-7-11(8-10-19)17-13-6-4-5-12(18-13)14(20)21/h4-6,11H,7-10H2,1-3H3,(H,17,18)(H,20,21). The van der Waals surface area contributed by atoms with Crippen molar-refractivity contribution in [1.82, 2.24) is 9.88 Å². The van der Waals surface area contributed by atoms with E-state index < -0.39 is 11.6 Å². The van der Waals surface area contributed by atoms with Gasteiger partial charge in [0, 0.05) is 19.1 Å². The number of hydrogen-bond donors (Lipinski definition) is 2. The Kier molecular flexibility index (Phi) is 5.08. The van der Waals surface area contributed by atoms with Crippen molar-refractivity contribution in [3.8, 4) is 0 Å². The molecule has 0 saturated carbocycles. The molecule has 0 spiro atoms. The lowest BCUT2D eigenvalue weighted by Crippen LogP contribution is -2.44. The number of carboxylic acids is 1. The van der Waals surface area contributed by atoms with Gasteiger partial charge in [0.2, 0.25) is 0 Å². The fourth-order valence-corrected chi connectivity index (χ4v) is 2.38. The molecule has 0 unspecified atom stereocenters. The minimum atomic E-state index is -1.05. The van der Waals surface area contributed by atoms with E-state index in [1.165, 1.54) is 6.07 Å². The number of pyridine rings is 1. The lowest BCUT2D eigenvalue weighted by Gasteiger charge is -2.33. The summed E-state index contributed by atoms with van der Waals surface area (Å²) in [5.74, 6) is -0.506. The van der Waals surface area contributed by atoms with Gasteiger partial charge in [-0.05, 0) is 45.7 Å². The zero-order chi connectivity index (χ0) is 17.0. The molecule has 0 aromatic carbocycles. The van der Waals surface area contributed by atoms with Gasteiger partial charge >= 0.3 is 12.1 Å². The van der Waals surface area contributed by atoms with Gasteiger partial charge < -0.3 is 20.1 Å². The number of hydrogen-bond acceptors (Lipinski definition) is 5. The Morgan fingerprint density at radius 1 is 1.30 bits per heavy atom. The average Bonchev–Trinajstić information content (AvgIpc) is 2.46. The molecular formula is C16H23N3O4. The number of nitrogens with one attached hydrogen (secondary N) is 1. The van der Waals surface area contributed by atoms with E-state index in [2.05, 4.69) is 10.3 Å². The van der Waals surface area contributed by atoms with Crippen molar-refractivity contribution < 1.29 is 19.4 Å². The summed E-state index contributed by atoms with van der Waals surface area (Å²) in [6.07, 6.45) is 1.23. The molecule has 0 radical (unpaired) electrons. The number of nitrogens with zero attached hydrogens (tertiary/aromatic N) is 2. The fraction of sp³-hybridized carbons (Fsp3) is 0.562. The summed E-state index contributed by atoms with van der Waals surface area (Å²) in [5.41, 5.74) is -0.478. The molecule has 2 heterocycles. The van der Waals surface area contributed by atoms with Gasteiger partial charge in [-0.1, -0.05) is 6.07 Å². The van der Waals surface area contributed by atoms with Crippen molar-refractivity contribution in [2.75, 3.05) is 18.4 Å². The number of amides is 1. The Hall–Kier alpha value is -2.31. The third kappa shape index (κ3) is 5.12. The van der Waals surface area contributed by atoms with E-state index in [9.17, 15) is 9.59 Å². The molecule has 1 saturated heterocycles. The van der Waals surface area contributed by atoms with Crippen molar-refractivity contribution in [3.63, 3.8) is 0 Å². The van der Waals surface area contributed by atoms with E-state index in [-0.39, 0.29) is 17.8 Å². The molecule has 7 nitrogen and oxygen atoms in total. The van der Waals surface area contributed by atoms with Crippen LogP contribution in [0, 0.1) is 0 Å². The predicted molar refractivity (Wildman–Crippen MR) is 85.6 cm³/mol. The summed E-state index contributed by atoms with van der Waals surface area (Å²) in [5, 5.41) is 12.2. The van der Waals surface area contributed by atoms with Gasteiger partial charge in [-0.2, -0.15) is 0 Å². The maximum Gasteiger partial charge on any atom is 0.410 e. The Balaban J connectivity index is 1.86. The van der Waals surface area contributed by atoms with Crippen LogP contribution >= 0.6 is 0 Å². The molecular weight excluding hydrogens is 298 g/mol. The van der Waals surface area contributed by atoms with Crippen LogP contribution in [0.5, 0.6) is 0 Å². The molecule has 7 heteroatoms. The van der Waals surface area contributed by atoms with E-state index in [0.29, 0.717) is 18.9 Å². The molecule has 1 aromatic rings. The van der Waals surface area contributed by atoms with Crippen molar-refractivity contribution in [3.05, 3.63) is 23.9 Å². The molecule has 0 bridgehead atoms. The zero-order valence-corrected chi connectivity index (χ0v) is 13.7. The van der Waals surface area contributed by atoms with E-state index in [0.717, 1.165) is 12.8 Å². The molecule has 126 valence electrons. The second-order valence-corrected chi connectivity index (χ2v) is 6.60. The number of rotatable bonds is 3. The van der Waals surface area contributed by atoms with Gasteiger partial charge in [0.1, 0.15) is 11.4 Å². The Morgan fingerprint density at radius 2 is 1.96 bits per heavy atom. The summed E-state index contributed by atoms with van der Waals surface area (Å²) in [7, 11) is 0. The smallest absolute Gasteiger partial charge is 0.410 e. The zero-order valence-electron chi connectivity index (χ0n) is 13.7. The maximum absolute atomic E-state index is 12.0. The average molecular weight is 321 g/mol. The number of anilines is 1. The summed E-state index contributed by atoms with van der Waals surface area (Å²) in [4.78, 5) is 28.7. The van der Waals surface area contributed by atoms with Crippen molar-refractivity contribution in [1.29, 1.82) is 0 Å². The van der Waals surface area contributed by atoms with Crippen molar-refractivity contribution in [2.24, 2.45) is 0 Å². The molecule has 1 fully saturated rings. The number of carboxylic acid groups (broad SMARTS) is 1. The van der Waals surface area contributed by atoms with Crippen molar-refractivity contribution in [2.45, 2.75) is 45.3 Å². The van der Waals surface area contributed by atoms with Crippen LogP contribution in [0.15, 0.2) is 18.2 Å². The van der Waals surface area contributed by atoms with E-state index in [4.69, 9.17) is 9.84 Å². The SMILES string of the molecule is CC(C)(C)OC(=O)N1CCC(Nc2cccc(C(=O)O)n2)CC1. The molecule has 0 aliphatic carbocycles. The van der Waals surface area contributed by atoms with Crippen LogP contribution in [0.4, 0.5) is 10.6 Å². The minimum Gasteiger partial charge on any atom is -0.477 e. The maximum atomic E-state index is 12.0. The highest BCUT2D eigenvalue weighted by atomic mass is 16.6. The number of aromatic nitrogens is 1. The summed E-state index contributed by atoms with van der Waals surface area (Å²) < 4.78 is 5.36. The van der Waals surface area contributed by atoms with Gasteiger partial charge in [0.25, 0.3) is 0 Å². The second kappa shape index (κ2) is 6.85. The first-order valence-electron chi connectivity index (χ1n) is 7.69. The lowest BCUT2D eigenvalue weighted by atomic mass is 10.1. The quantitative estimate of drug-likeness (QED) is 0.889. The summed E-state index contributed by atoms with van der Waals surface area (Å²) in [6, 6.07) is 5.02. The van der Waals surface area contributed by atoms with Crippen LogP contribution in [0.2, 0.25) is 0 Å². The third-order valence-electron chi connectivity index (χ3n) is 3.47. The van der Waals surface area contributed by atoms with Gasteiger partial charge in [-0.25, -0.2) is 14.6 Å². The van der Waals surface area contributed by atoms with E-state index in [1.807, 2.05) is 20.8 Å². The van der Waals surface area contributed by atoms with Crippen LogP contribution in [0.3, 0.4) is 0 Å². The highest BCUT2D eigenvalue weighted by Gasteiger charge is 2.26. The highest BCUT2D eigenvalue weighted by Crippen LogP contribution is 2.18. The number of piperidine rings is 1. The van der Waals surface area contributed by atoms with Crippen molar-refractivity contribution >= 4 is 17.9 Å². The molecule has 2 N–H and O–H groups in total. The van der Waals surface area contributed by atoms with Crippen LogP contribution in [-0.2, 0) is 4.74 Å². The number of ether oxygens (including phenoxy) is 1. The first-order chi connectivity index (χ1) is 10.7. The number of aromatic carboxylic acids is 1.